The Hall–Kier alpha value is -2.44. The van der Waals surface area contributed by atoms with Gasteiger partial charge in [0, 0.05) is 23.6 Å². The zero-order valence-corrected chi connectivity index (χ0v) is 10.8. The van der Waals surface area contributed by atoms with Crippen molar-refractivity contribution in [1.82, 2.24) is 5.32 Å². The second kappa shape index (κ2) is 5.68. The Kier molecular flexibility index (Phi) is 3.97. The van der Waals surface area contributed by atoms with Crippen LogP contribution in [0.4, 0.5) is 0 Å². The molecule has 0 saturated heterocycles. The van der Waals surface area contributed by atoms with E-state index in [-0.39, 0.29) is 34.9 Å². The molecule has 2 rings (SSSR count). The van der Waals surface area contributed by atoms with Gasteiger partial charge >= 0.3 is 0 Å². The highest BCUT2D eigenvalue weighted by Crippen LogP contribution is 2.27. The average Bonchev–Trinajstić information content (AvgIpc) is 2.84. The minimum atomic E-state index is -0.418. The molecule has 1 aliphatic carbocycles. The van der Waals surface area contributed by atoms with Gasteiger partial charge in [0.2, 0.25) is 0 Å². The molecule has 1 fully saturated rings. The van der Waals surface area contributed by atoms with Gasteiger partial charge in [-0.1, -0.05) is 11.6 Å². The van der Waals surface area contributed by atoms with Crippen molar-refractivity contribution < 1.29 is 20.2 Å². The van der Waals surface area contributed by atoms with E-state index in [1.54, 1.807) is 0 Å². The Labute approximate surface area is 115 Å². The van der Waals surface area contributed by atoms with Crippen molar-refractivity contribution in [3.05, 3.63) is 23.8 Å². The minimum absolute atomic E-state index is 0.103. The van der Waals surface area contributed by atoms with Gasteiger partial charge in [0.1, 0.15) is 17.3 Å². The van der Waals surface area contributed by atoms with Gasteiger partial charge < -0.3 is 26.5 Å². The van der Waals surface area contributed by atoms with Crippen LogP contribution in [0, 0.1) is 5.92 Å². The summed E-state index contributed by atoms with van der Waals surface area (Å²) in [7, 11) is 0. The highest BCUT2D eigenvalue weighted by molar-refractivity contribution is 5.95. The van der Waals surface area contributed by atoms with E-state index < -0.39 is 5.91 Å². The van der Waals surface area contributed by atoms with E-state index in [4.69, 9.17) is 10.9 Å². The van der Waals surface area contributed by atoms with E-state index in [0.717, 1.165) is 25.3 Å². The smallest absolute Gasteiger partial charge is 0.251 e. The number of amidine groups is 1. The topological polar surface area (TPSA) is 128 Å². The molecule has 1 saturated carbocycles. The molecule has 1 aromatic rings. The summed E-state index contributed by atoms with van der Waals surface area (Å²) in [5, 5.41) is 33.2. The molecule has 20 heavy (non-hydrogen) atoms. The molecule has 7 nitrogen and oxygen atoms in total. The molecule has 2 atom stereocenters. The van der Waals surface area contributed by atoms with E-state index in [1.165, 1.54) is 12.1 Å². The fraction of sp³-hybridized carbons (Fsp3) is 0.385. The second-order valence-electron chi connectivity index (χ2n) is 4.88. The van der Waals surface area contributed by atoms with Crippen LogP contribution in [-0.4, -0.2) is 33.2 Å². The molecule has 0 aliphatic heterocycles. The van der Waals surface area contributed by atoms with Crippen LogP contribution in [0.3, 0.4) is 0 Å². The molecular formula is C13H17N3O4. The Morgan fingerprint density at radius 1 is 1.25 bits per heavy atom. The standard InChI is InChI=1S/C13H17N3O4/c14-12(16-20)10-2-1-3-11(10)15-13(19)7-4-8(17)6-9(18)5-7/h4-6,10-11,17-18,20H,1-3H2,(H2,14,16)(H,15,19). The van der Waals surface area contributed by atoms with Crippen LogP contribution in [0.2, 0.25) is 0 Å². The Bertz CT molecular complexity index is 524. The highest BCUT2D eigenvalue weighted by Gasteiger charge is 2.32. The second-order valence-corrected chi connectivity index (χ2v) is 4.88. The van der Waals surface area contributed by atoms with Gasteiger partial charge in [-0.15, -0.1) is 0 Å². The predicted molar refractivity (Wildman–Crippen MR) is 71.8 cm³/mol. The number of oxime groups is 1. The fourth-order valence-corrected chi connectivity index (χ4v) is 2.54. The summed E-state index contributed by atoms with van der Waals surface area (Å²) in [6, 6.07) is 3.46. The fourth-order valence-electron chi connectivity index (χ4n) is 2.54. The number of amides is 1. The summed E-state index contributed by atoms with van der Waals surface area (Å²) < 4.78 is 0. The normalized spacial score (nSPS) is 22.7. The number of carbonyl (C=O) groups is 1. The first-order valence-corrected chi connectivity index (χ1v) is 6.32. The van der Waals surface area contributed by atoms with Crippen molar-refractivity contribution in [1.29, 1.82) is 0 Å². The Balaban J connectivity index is 2.11. The monoisotopic (exact) mass is 279 g/mol. The van der Waals surface area contributed by atoms with Gasteiger partial charge in [0.05, 0.1) is 0 Å². The number of hydrogen-bond acceptors (Lipinski definition) is 5. The lowest BCUT2D eigenvalue weighted by Crippen LogP contribution is -2.42. The summed E-state index contributed by atoms with van der Waals surface area (Å²) in [5.74, 6) is -0.885. The van der Waals surface area contributed by atoms with Crippen LogP contribution < -0.4 is 11.1 Å². The molecule has 2 unspecified atom stereocenters. The van der Waals surface area contributed by atoms with Gasteiger partial charge in [0.25, 0.3) is 5.91 Å². The summed E-state index contributed by atoms with van der Waals surface area (Å²) in [5.41, 5.74) is 5.76. The molecule has 1 aliphatic rings. The minimum Gasteiger partial charge on any atom is -0.508 e. The summed E-state index contributed by atoms with van der Waals surface area (Å²) in [6.07, 6.45) is 2.35. The Morgan fingerprint density at radius 2 is 1.90 bits per heavy atom. The van der Waals surface area contributed by atoms with E-state index >= 15 is 0 Å². The first-order valence-electron chi connectivity index (χ1n) is 6.32. The van der Waals surface area contributed by atoms with Crippen molar-refractivity contribution >= 4 is 11.7 Å². The first-order chi connectivity index (χ1) is 9.51. The van der Waals surface area contributed by atoms with Gasteiger partial charge in [0.15, 0.2) is 0 Å². The number of phenols is 2. The molecule has 0 aromatic heterocycles. The van der Waals surface area contributed by atoms with Crippen molar-refractivity contribution in [2.24, 2.45) is 16.8 Å². The molecule has 0 radical (unpaired) electrons. The lowest BCUT2D eigenvalue weighted by atomic mass is 10.0. The summed E-state index contributed by atoms with van der Waals surface area (Å²) in [6.45, 7) is 0. The molecule has 0 bridgehead atoms. The van der Waals surface area contributed by atoms with Crippen molar-refractivity contribution in [2.45, 2.75) is 25.3 Å². The Morgan fingerprint density at radius 3 is 2.50 bits per heavy atom. The van der Waals surface area contributed by atoms with Gasteiger partial charge in [-0.05, 0) is 25.0 Å². The number of nitrogens with one attached hydrogen (secondary N) is 1. The third-order valence-electron chi connectivity index (χ3n) is 3.49. The molecule has 7 heteroatoms. The lowest BCUT2D eigenvalue weighted by Gasteiger charge is -2.19. The zero-order valence-electron chi connectivity index (χ0n) is 10.8. The van der Waals surface area contributed by atoms with E-state index in [2.05, 4.69) is 10.5 Å². The van der Waals surface area contributed by atoms with Crippen LogP contribution in [-0.2, 0) is 0 Å². The van der Waals surface area contributed by atoms with Gasteiger partial charge in [-0.3, -0.25) is 4.79 Å². The maximum atomic E-state index is 12.1. The summed E-state index contributed by atoms with van der Waals surface area (Å²) >= 11 is 0. The number of benzene rings is 1. The summed E-state index contributed by atoms with van der Waals surface area (Å²) in [4.78, 5) is 12.1. The first kappa shape index (κ1) is 14.0. The maximum absolute atomic E-state index is 12.1. The van der Waals surface area contributed by atoms with Gasteiger partial charge in [-0.25, -0.2) is 0 Å². The third-order valence-corrected chi connectivity index (χ3v) is 3.49. The van der Waals surface area contributed by atoms with Crippen molar-refractivity contribution in [3.8, 4) is 11.5 Å². The number of carbonyl (C=O) groups excluding carboxylic acids is 1. The average molecular weight is 279 g/mol. The van der Waals surface area contributed by atoms with Crippen LogP contribution >= 0.6 is 0 Å². The zero-order chi connectivity index (χ0) is 14.7. The van der Waals surface area contributed by atoms with E-state index in [9.17, 15) is 15.0 Å². The highest BCUT2D eigenvalue weighted by atomic mass is 16.4. The van der Waals surface area contributed by atoms with E-state index in [0.29, 0.717) is 0 Å². The number of nitrogens with two attached hydrogens (primary N) is 1. The van der Waals surface area contributed by atoms with Crippen LogP contribution in [0.1, 0.15) is 29.6 Å². The van der Waals surface area contributed by atoms with Crippen LogP contribution in [0.15, 0.2) is 23.4 Å². The van der Waals surface area contributed by atoms with Crippen LogP contribution in [0.5, 0.6) is 11.5 Å². The van der Waals surface area contributed by atoms with Crippen LogP contribution in [0.25, 0.3) is 0 Å². The largest absolute Gasteiger partial charge is 0.508 e. The molecule has 0 heterocycles. The van der Waals surface area contributed by atoms with E-state index in [1.807, 2.05) is 0 Å². The quantitative estimate of drug-likeness (QED) is 0.241. The number of hydrogen-bond donors (Lipinski definition) is 5. The number of aromatic hydroxyl groups is 2. The maximum Gasteiger partial charge on any atom is 0.251 e. The number of phenolic OH excluding ortho intramolecular Hbond substituents is 2. The third kappa shape index (κ3) is 2.93. The molecule has 1 amide bonds. The van der Waals surface area contributed by atoms with Gasteiger partial charge in [-0.2, -0.15) is 0 Å². The predicted octanol–water partition coefficient (Wildman–Crippen LogP) is 0.743. The van der Waals surface area contributed by atoms with Crippen molar-refractivity contribution in [2.75, 3.05) is 0 Å². The molecular weight excluding hydrogens is 262 g/mol. The SMILES string of the molecule is N/C(=N/O)C1CCCC1NC(=O)c1cc(O)cc(O)c1. The molecule has 0 spiro atoms. The lowest BCUT2D eigenvalue weighted by molar-refractivity contribution is 0.0932. The molecule has 1 aromatic carbocycles. The van der Waals surface area contributed by atoms with Crippen molar-refractivity contribution in [3.63, 3.8) is 0 Å². The number of nitrogens with zero attached hydrogens (tertiary/aromatic N) is 1. The molecule has 108 valence electrons. The molecule has 6 N–H and O–H groups in total. The number of rotatable bonds is 3.